The van der Waals surface area contributed by atoms with Gasteiger partial charge < -0.3 is 19.1 Å². The van der Waals surface area contributed by atoms with Gasteiger partial charge in [-0.2, -0.15) is 0 Å². The molecule has 0 radical (unpaired) electrons. The standard InChI is InChI=1S/C21H25NO5/c1-14-6-8-15(9-7-14)19-17(20(23)25-2)12-22(11-16-5-4-10-27-16)13-18(19)21(24)26-3/h6-9,12-13,16,19H,4-5,10-11H2,1-3H3/t16-/m1/s1. The Morgan fingerprint density at radius 1 is 1.07 bits per heavy atom. The predicted octanol–water partition coefficient (Wildman–Crippen LogP) is 2.69. The van der Waals surface area contributed by atoms with Gasteiger partial charge >= 0.3 is 11.9 Å². The van der Waals surface area contributed by atoms with Gasteiger partial charge in [-0.05, 0) is 25.3 Å². The highest BCUT2D eigenvalue weighted by atomic mass is 16.5. The Bertz CT molecular complexity index is 725. The lowest BCUT2D eigenvalue weighted by molar-refractivity contribution is -0.137. The summed E-state index contributed by atoms with van der Waals surface area (Å²) < 4.78 is 15.7. The molecule has 0 N–H and O–H groups in total. The Kier molecular flexibility index (Phi) is 5.96. The molecular weight excluding hydrogens is 346 g/mol. The van der Waals surface area contributed by atoms with E-state index < -0.39 is 17.9 Å². The average Bonchev–Trinajstić information content (AvgIpc) is 3.20. The van der Waals surface area contributed by atoms with Crippen molar-refractivity contribution in [2.75, 3.05) is 27.4 Å². The van der Waals surface area contributed by atoms with Gasteiger partial charge in [0, 0.05) is 25.6 Å². The largest absolute Gasteiger partial charge is 0.466 e. The van der Waals surface area contributed by atoms with E-state index in [1.54, 1.807) is 12.4 Å². The summed E-state index contributed by atoms with van der Waals surface area (Å²) in [4.78, 5) is 26.9. The summed E-state index contributed by atoms with van der Waals surface area (Å²) in [6.07, 6.45) is 5.56. The third kappa shape index (κ3) is 4.22. The third-order valence-corrected chi connectivity index (χ3v) is 4.92. The summed E-state index contributed by atoms with van der Waals surface area (Å²) in [5.74, 6) is -1.47. The highest BCUT2D eigenvalue weighted by Crippen LogP contribution is 2.37. The van der Waals surface area contributed by atoms with Gasteiger partial charge in [-0.1, -0.05) is 29.8 Å². The van der Waals surface area contributed by atoms with Crippen molar-refractivity contribution in [2.24, 2.45) is 0 Å². The first-order valence-corrected chi connectivity index (χ1v) is 9.07. The minimum absolute atomic E-state index is 0.0752. The molecule has 0 saturated carbocycles. The summed E-state index contributed by atoms with van der Waals surface area (Å²) in [6, 6.07) is 7.75. The SMILES string of the molecule is COC(=O)C1=CN(C[C@H]2CCCO2)C=C(C(=O)OC)C1c1ccc(C)cc1. The molecule has 1 fully saturated rings. The number of carbonyl (C=O) groups excluding carboxylic acids is 2. The molecule has 2 heterocycles. The number of methoxy groups -OCH3 is 2. The molecule has 1 aromatic carbocycles. The van der Waals surface area contributed by atoms with E-state index in [9.17, 15) is 9.59 Å². The number of benzene rings is 1. The van der Waals surface area contributed by atoms with Crippen LogP contribution in [0, 0.1) is 6.92 Å². The molecule has 6 heteroatoms. The Morgan fingerprint density at radius 2 is 1.67 bits per heavy atom. The molecule has 2 aliphatic rings. The zero-order valence-electron chi connectivity index (χ0n) is 15.9. The molecule has 1 atom stereocenters. The molecule has 1 saturated heterocycles. The van der Waals surface area contributed by atoms with Crippen molar-refractivity contribution in [3.05, 3.63) is 58.9 Å². The van der Waals surface area contributed by atoms with E-state index in [1.165, 1.54) is 14.2 Å². The number of carbonyl (C=O) groups is 2. The van der Waals surface area contributed by atoms with E-state index in [4.69, 9.17) is 14.2 Å². The number of aryl methyl sites for hydroxylation is 1. The van der Waals surface area contributed by atoms with E-state index in [0.717, 1.165) is 30.6 Å². The predicted molar refractivity (Wildman–Crippen MR) is 99.8 cm³/mol. The Hall–Kier alpha value is -2.60. The van der Waals surface area contributed by atoms with Crippen LogP contribution in [0.3, 0.4) is 0 Å². The zero-order chi connectivity index (χ0) is 19.4. The highest BCUT2D eigenvalue weighted by molar-refractivity contribution is 5.98. The van der Waals surface area contributed by atoms with Crippen molar-refractivity contribution in [3.8, 4) is 0 Å². The fourth-order valence-electron chi connectivity index (χ4n) is 3.53. The summed E-state index contributed by atoms with van der Waals surface area (Å²) in [6.45, 7) is 3.30. The molecule has 144 valence electrons. The lowest BCUT2D eigenvalue weighted by Crippen LogP contribution is -2.32. The summed E-state index contributed by atoms with van der Waals surface area (Å²) in [5.41, 5.74) is 2.75. The second-order valence-corrected chi connectivity index (χ2v) is 6.83. The average molecular weight is 371 g/mol. The van der Waals surface area contributed by atoms with Gasteiger partial charge in [0.25, 0.3) is 0 Å². The maximum Gasteiger partial charge on any atom is 0.336 e. The number of nitrogens with zero attached hydrogens (tertiary/aromatic N) is 1. The van der Waals surface area contributed by atoms with Gasteiger partial charge in [-0.3, -0.25) is 0 Å². The van der Waals surface area contributed by atoms with Crippen LogP contribution in [0.4, 0.5) is 0 Å². The van der Waals surface area contributed by atoms with E-state index in [2.05, 4.69) is 0 Å². The minimum Gasteiger partial charge on any atom is -0.466 e. The Morgan fingerprint density at radius 3 is 2.15 bits per heavy atom. The molecule has 0 spiro atoms. The van der Waals surface area contributed by atoms with E-state index in [1.807, 2.05) is 36.1 Å². The van der Waals surface area contributed by atoms with Crippen LogP contribution in [-0.2, 0) is 23.8 Å². The summed E-state index contributed by atoms with van der Waals surface area (Å²) in [5, 5.41) is 0. The molecule has 0 unspecified atom stereocenters. The van der Waals surface area contributed by atoms with E-state index in [-0.39, 0.29) is 6.10 Å². The van der Waals surface area contributed by atoms with Gasteiger partial charge in [-0.25, -0.2) is 9.59 Å². The fraction of sp³-hybridized carbons (Fsp3) is 0.429. The molecule has 2 aliphatic heterocycles. The van der Waals surface area contributed by atoms with Crippen LogP contribution >= 0.6 is 0 Å². The maximum atomic E-state index is 12.5. The second kappa shape index (κ2) is 8.39. The van der Waals surface area contributed by atoms with Crippen LogP contribution in [0.25, 0.3) is 0 Å². The smallest absolute Gasteiger partial charge is 0.336 e. The van der Waals surface area contributed by atoms with E-state index in [0.29, 0.717) is 17.7 Å². The second-order valence-electron chi connectivity index (χ2n) is 6.83. The quantitative estimate of drug-likeness (QED) is 0.742. The topological polar surface area (TPSA) is 65.1 Å². The minimum atomic E-state index is -0.536. The number of rotatable bonds is 5. The zero-order valence-corrected chi connectivity index (χ0v) is 15.9. The van der Waals surface area contributed by atoms with Crippen LogP contribution in [0.2, 0.25) is 0 Å². The maximum absolute atomic E-state index is 12.5. The molecule has 27 heavy (non-hydrogen) atoms. The summed E-state index contributed by atoms with van der Waals surface area (Å²) >= 11 is 0. The van der Waals surface area contributed by atoms with Gasteiger partial charge in [0.2, 0.25) is 0 Å². The van der Waals surface area contributed by atoms with Crippen LogP contribution in [0.1, 0.15) is 29.9 Å². The molecule has 0 aromatic heterocycles. The van der Waals surface area contributed by atoms with Crippen LogP contribution in [-0.4, -0.2) is 50.3 Å². The van der Waals surface area contributed by atoms with Crippen molar-refractivity contribution in [3.63, 3.8) is 0 Å². The molecule has 0 amide bonds. The van der Waals surface area contributed by atoms with Crippen molar-refractivity contribution in [1.82, 2.24) is 4.90 Å². The normalized spacial score (nSPS) is 20.1. The van der Waals surface area contributed by atoms with Crippen molar-refractivity contribution in [2.45, 2.75) is 31.8 Å². The Labute approximate surface area is 159 Å². The highest BCUT2D eigenvalue weighted by Gasteiger charge is 2.35. The van der Waals surface area contributed by atoms with Crippen LogP contribution < -0.4 is 0 Å². The monoisotopic (exact) mass is 371 g/mol. The lowest BCUT2D eigenvalue weighted by atomic mass is 9.83. The number of hydrogen-bond donors (Lipinski definition) is 0. The molecule has 1 aromatic rings. The first-order valence-electron chi connectivity index (χ1n) is 9.07. The summed E-state index contributed by atoms with van der Waals surface area (Å²) in [7, 11) is 2.69. The fourth-order valence-corrected chi connectivity index (χ4v) is 3.53. The van der Waals surface area contributed by atoms with Crippen molar-refractivity contribution >= 4 is 11.9 Å². The molecule has 0 aliphatic carbocycles. The van der Waals surface area contributed by atoms with Gasteiger partial charge in [0.15, 0.2) is 0 Å². The molecular formula is C21H25NO5. The molecule has 0 bridgehead atoms. The first kappa shape index (κ1) is 19.2. The van der Waals surface area contributed by atoms with E-state index >= 15 is 0 Å². The van der Waals surface area contributed by atoms with Gasteiger partial charge in [-0.15, -0.1) is 0 Å². The van der Waals surface area contributed by atoms with Gasteiger partial charge in [0.1, 0.15) is 0 Å². The van der Waals surface area contributed by atoms with Crippen LogP contribution in [0.5, 0.6) is 0 Å². The number of esters is 2. The first-order chi connectivity index (χ1) is 13.0. The Balaban J connectivity index is 2.01. The van der Waals surface area contributed by atoms with Gasteiger partial charge in [0.05, 0.1) is 37.4 Å². The van der Waals surface area contributed by atoms with Crippen molar-refractivity contribution < 1.29 is 23.8 Å². The van der Waals surface area contributed by atoms with Crippen LogP contribution in [0.15, 0.2) is 47.8 Å². The molecule has 3 rings (SSSR count). The lowest BCUT2D eigenvalue weighted by Gasteiger charge is -2.31. The number of hydrogen-bond acceptors (Lipinski definition) is 6. The molecule has 6 nitrogen and oxygen atoms in total. The third-order valence-electron chi connectivity index (χ3n) is 4.92. The van der Waals surface area contributed by atoms with Crippen molar-refractivity contribution in [1.29, 1.82) is 0 Å². The number of ether oxygens (including phenoxy) is 3.